The van der Waals surface area contributed by atoms with Gasteiger partial charge in [0.25, 0.3) is 0 Å². The fourth-order valence-corrected chi connectivity index (χ4v) is 3.15. The minimum absolute atomic E-state index is 0.0562. The van der Waals surface area contributed by atoms with Crippen LogP contribution >= 0.6 is 0 Å². The molecule has 3 rings (SSSR count). The lowest BCUT2D eigenvalue weighted by Crippen LogP contribution is -2.28. The van der Waals surface area contributed by atoms with Gasteiger partial charge in [0.2, 0.25) is 5.88 Å². The molecular weight excluding hydrogens is 395 g/mol. The molecule has 0 aliphatic heterocycles. The largest absolute Gasteiger partial charge is 0.534 e. The Morgan fingerprint density at radius 1 is 1.11 bits per heavy atom. The van der Waals surface area contributed by atoms with E-state index in [0.717, 1.165) is 11.3 Å². The molecule has 2 aromatic heterocycles. The molecule has 1 aromatic carbocycles. The van der Waals surface area contributed by atoms with E-state index in [4.69, 9.17) is 0 Å². The summed E-state index contributed by atoms with van der Waals surface area (Å²) in [4.78, 5) is 10.0. The molecule has 0 saturated heterocycles. The van der Waals surface area contributed by atoms with E-state index in [1.54, 1.807) is 18.2 Å². The van der Waals surface area contributed by atoms with E-state index in [2.05, 4.69) is 14.2 Å². The van der Waals surface area contributed by atoms with Crippen LogP contribution in [-0.2, 0) is 10.1 Å². The molecule has 3 aromatic rings. The van der Waals surface area contributed by atoms with Gasteiger partial charge < -0.3 is 9.08 Å². The van der Waals surface area contributed by atoms with E-state index in [1.165, 1.54) is 18.3 Å². The molecule has 0 amide bonds. The first kappa shape index (κ1) is 19.9. The second kappa shape index (κ2) is 6.93. The molecule has 0 saturated carbocycles. The fraction of sp³-hybridized carbons (Fsp3) is 0.222. The van der Waals surface area contributed by atoms with E-state index in [1.807, 2.05) is 32.0 Å². The van der Waals surface area contributed by atoms with Crippen LogP contribution in [0.25, 0.3) is 22.2 Å². The smallest absolute Gasteiger partial charge is 0.377 e. The van der Waals surface area contributed by atoms with Gasteiger partial charge in [-0.3, -0.25) is 4.98 Å². The summed E-state index contributed by atoms with van der Waals surface area (Å²) < 4.78 is 65.5. The topological polar surface area (TPSA) is 72.4 Å². The molecule has 0 aliphatic rings. The number of pyridine rings is 2. The first-order chi connectivity index (χ1) is 13.0. The van der Waals surface area contributed by atoms with E-state index in [0.29, 0.717) is 5.56 Å². The number of hydrogen-bond acceptors (Lipinski definition) is 6. The van der Waals surface area contributed by atoms with Crippen LogP contribution in [0.1, 0.15) is 5.56 Å². The van der Waals surface area contributed by atoms with Gasteiger partial charge in [-0.2, -0.15) is 21.6 Å². The van der Waals surface area contributed by atoms with Crippen molar-refractivity contribution < 1.29 is 25.8 Å². The molecule has 148 valence electrons. The summed E-state index contributed by atoms with van der Waals surface area (Å²) in [5.74, 6) is -0.674. The van der Waals surface area contributed by atoms with Crippen molar-refractivity contribution in [1.82, 2.24) is 9.97 Å². The van der Waals surface area contributed by atoms with Gasteiger partial charge in [-0.25, -0.2) is 4.98 Å². The number of benzene rings is 1. The number of fused-ring (bicyclic) bond motifs is 1. The second-order valence-electron chi connectivity index (χ2n) is 6.26. The minimum Gasteiger partial charge on any atom is -0.377 e. The highest BCUT2D eigenvalue weighted by Gasteiger charge is 2.49. The molecule has 0 aliphatic carbocycles. The Bertz CT molecular complexity index is 1150. The van der Waals surface area contributed by atoms with Gasteiger partial charge in [-0.15, -0.1) is 0 Å². The predicted octanol–water partition coefficient (Wildman–Crippen LogP) is 3.90. The molecule has 28 heavy (non-hydrogen) atoms. The van der Waals surface area contributed by atoms with Crippen molar-refractivity contribution in [2.24, 2.45) is 0 Å². The molecule has 2 heterocycles. The lowest BCUT2D eigenvalue weighted by atomic mass is 10.1. The van der Waals surface area contributed by atoms with Gasteiger partial charge in [-0.05, 0) is 42.8 Å². The van der Waals surface area contributed by atoms with E-state index in [-0.39, 0.29) is 16.6 Å². The molecular formula is C18H16F3N3O3S. The quantitative estimate of drug-likeness (QED) is 0.479. The number of anilines is 1. The van der Waals surface area contributed by atoms with Crippen LogP contribution in [-0.4, -0.2) is 38.0 Å². The summed E-state index contributed by atoms with van der Waals surface area (Å²) in [7, 11) is -2.10. The van der Waals surface area contributed by atoms with Crippen molar-refractivity contribution in [2.45, 2.75) is 12.4 Å². The molecule has 10 heteroatoms. The molecule has 0 bridgehead atoms. The summed E-state index contributed by atoms with van der Waals surface area (Å²) >= 11 is 0. The first-order valence-corrected chi connectivity index (χ1v) is 9.45. The van der Waals surface area contributed by atoms with Gasteiger partial charge >= 0.3 is 15.6 Å². The lowest BCUT2D eigenvalue weighted by molar-refractivity contribution is -0.0500. The van der Waals surface area contributed by atoms with Crippen LogP contribution in [0.2, 0.25) is 0 Å². The van der Waals surface area contributed by atoms with E-state index >= 15 is 0 Å². The zero-order valence-electron chi connectivity index (χ0n) is 15.1. The number of alkyl halides is 3. The van der Waals surface area contributed by atoms with Crippen LogP contribution in [0, 0.1) is 6.92 Å². The Balaban J connectivity index is 2.17. The first-order valence-electron chi connectivity index (χ1n) is 8.04. The normalized spacial score (nSPS) is 12.2. The Kier molecular flexibility index (Phi) is 4.92. The van der Waals surface area contributed by atoms with Crippen LogP contribution < -0.4 is 9.08 Å². The van der Waals surface area contributed by atoms with Crippen LogP contribution in [0.3, 0.4) is 0 Å². The Morgan fingerprint density at radius 2 is 1.82 bits per heavy atom. The average molecular weight is 411 g/mol. The SMILES string of the molecule is Cc1cc(-c2cc3ncccc3c(OS(=O)(=O)C(F)(F)F)n2)ccc1N(C)C. The molecule has 0 unspecified atom stereocenters. The van der Waals surface area contributed by atoms with Crippen molar-refractivity contribution in [2.75, 3.05) is 19.0 Å². The van der Waals surface area contributed by atoms with Crippen molar-refractivity contribution in [3.05, 3.63) is 48.2 Å². The van der Waals surface area contributed by atoms with Crippen LogP contribution in [0.5, 0.6) is 5.88 Å². The van der Waals surface area contributed by atoms with Gasteiger partial charge in [0.1, 0.15) is 0 Å². The molecule has 0 fully saturated rings. The lowest BCUT2D eigenvalue weighted by Gasteiger charge is -2.17. The average Bonchev–Trinajstić information content (AvgIpc) is 2.60. The third-order valence-corrected chi connectivity index (χ3v) is 4.96. The summed E-state index contributed by atoms with van der Waals surface area (Å²) in [6, 6.07) is 9.78. The Labute approximate surface area is 159 Å². The zero-order valence-corrected chi connectivity index (χ0v) is 16.0. The summed E-state index contributed by atoms with van der Waals surface area (Å²) in [6.07, 6.45) is 1.44. The molecule has 0 radical (unpaired) electrons. The molecule has 6 nitrogen and oxygen atoms in total. The highest BCUT2D eigenvalue weighted by Crippen LogP contribution is 2.33. The maximum atomic E-state index is 12.8. The molecule has 0 atom stereocenters. The zero-order chi connectivity index (χ0) is 20.7. The number of aromatic nitrogens is 2. The highest BCUT2D eigenvalue weighted by atomic mass is 32.2. The Morgan fingerprint density at radius 3 is 2.43 bits per heavy atom. The summed E-state index contributed by atoms with van der Waals surface area (Å²) in [5.41, 5.74) is -2.61. The summed E-state index contributed by atoms with van der Waals surface area (Å²) in [6.45, 7) is 1.88. The fourth-order valence-electron chi connectivity index (χ4n) is 2.72. The van der Waals surface area contributed by atoms with Crippen molar-refractivity contribution in [3.8, 4) is 17.1 Å². The van der Waals surface area contributed by atoms with Gasteiger partial charge in [-0.1, -0.05) is 6.07 Å². The molecule has 0 N–H and O–H groups in total. The maximum Gasteiger partial charge on any atom is 0.534 e. The van der Waals surface area contributed by atoms with Gasteiger partial charge in [0.05, 0.1) is 16.6 Å². The van der Waals surface area contributed by atoms with Gasteiger partial charge in [0.15, 0.2) is 0 Å². The Hall–Kier alpha value is -2.88. The standard InChI is InChI=1S/C18H16F3N3O3S/c1-11-9-12(6-7-16(11)24(2)3)14-10-15-13(5-4-8-22-15)17(23-14)27-28(25,26)18(19,20)21/h4-10H,1-3H3. The number of rotatable bonds is 4. The predicted molar refractivity (Wildman–Crippen MR) is 99.6 cm³/mol. The maximum absolute atomic E-state index is 12.8. The third kappa shape index (κ3) is 3.72. The summed E-state index contributed by atoms with van der Waals surface area (Å²) in [5, 5.41) is 0.0562. The van der Waals surface area contributed by atoms with Crippen LogP contribution in [0.15, 0.2) is 42.6 Å². The number of nitrogens with zero attached hydrogens (tertiary/aromatic N) is 3. The number of halogens is 3. The van der Waals surface area contributed by atoms with E-state index in [9.17, 15) is 21.6 Å². The van der Waals surface area contributed by atoms with Crippen LogP contribution in [0.4, 0.5) is 18.9 Å². The highest BCUT2D eigenvalue weighted by molar-refractivity contribution is 7.88. The number of aryl methyl sites for hydroxylation is 1. The third-order valence-electron chi connectivity index (χ3n) is 4.01. The number of hydrogen-bond donors (Lipinski definition) is 0. The second-order valence-corrected chi connectivity index (χ2v) is 7.80. The van der Waals surface area contributed by atoms with Crippen molar-refractivity contribution in [1.29, 1.82) is 0 Å². The van der Waals surface area contributed by atoms with Crippen molar-refractivity contribution >= 4 is 26.7 Å². The monoisotopic (exact) mass is 411 g/mol. The van der Waals surface area contributed by atoms with Gasteiger partial charge in [0, 0.05) is 31.5 Å². The van der Waals surface area contributed by atoms with Crippen molar-refractivity contribution in [3.63, 3.8) is 0 Å². The molecule has 0 spiro atoms. The van der Waals surface area contributed by atoms with E-state index < -0.39 is 21.5 Å². The minimum atomic E-state index is -5.86.